The molecule has 0 radical (unpaired) electrons. The highest BCUT2D eigenvalue weighted by Crippen LogP contribution is 2.26. The molecule has 0 aromatic heterocycles. The van der Waals surface area contributed by atoms with Crippen molar-refractivity contribution in [1.82, 2.24) is 10.6 Å². The summed E-state index contributed by atoms with van der Waals surface area (Å²) in [6, 6.07) is -0.703. The number of carbonyl (C=O) groups is 2. The van der Waals surface area contributed by atoms with Crippen molar-refractivity contribution < 1.29 is 14.7 Å². The molecule has 3 N–H and O–H groups in total. The van der Waals surface area contributed by atoms with Gasteiger partial charge >= 0.3 is 12.0 Å². The maximum absolute atomic E-state index is 11.7. The van der Waals surface area contributed by atoms with Gasteiger partial charge in [0, 0.05) is 11.6 Å². The third kappa shape index (κ3) is 8.84. The molecule has 0 saturated heterocycles. The van der Waals surface area contributed by atoms with Crippen molar-refractivity contribution >= 4 is 12.0 Å². The van der Waals surface area contributed by atoms with Gasteiger partial charge in [0.2, 0.25) is 0 Å². The molecular formula is C13H26N2O3. The first-order chi connectivity index (χ1) is 7.91. The van der Waals surface area contributed by atoms with Gasteiger partial charge in [0.25, 0.3) is 0 Å². The van der Waals surface area contributed by atoms with Gasteiger partial charge in [0.1, 0.15) is 0 Å². The number of hydrogen-bond acceptors (Lipinski definition) is 2. The Morgan fingerprint density at radius 2 is 1.67 bits per heavy atom. The van der Waals surface area contributed by atoms with Gasteiger partial charge in [-0.15, -0.1) is 0 Å². The molecule has 0 aromatic carbocycles. The lowest BCUT2D eigenvalue weighted by Gasteiger charge is -2.33. The fraction of sp³-hybridized carbons (Fsp3) is 0.846. The fourth-order valence-corrected chi connectivity index (χ4v) is 2.25. The lowest BCUT2D eigenvalue weighted by atomic mass is 9.82. The van der Waals surface area contributed by atoms with Crippen LogP contribution < -0.4 is 10.6 Å². The lowest BCUT2D eigenvalue weighted by Crippen LogP contribution is -2.52. The minimum absolute atomic E-state index is 0.0763. The van der Waals surface area contributed by atoms with Crippen molar-refractivity contribution in [2.45, 2.75) is 66.0 Å². The third-order valence-electron chi connectivity index (χ3n) is 2.28. The predicted molar refractivity (Wildman–Crippen MR) is 71.5 cm³/mol. The number of rotatable bonds is 5. The topological polar surface area (TPSA) is 78.4 Å². The molecule has 0 aliphatic rings. The van der Waals surface area contributed by atoms with Gasteiger partial charge in [0.15, 0.2) is 0 Å². The van der Waals surface area contributed by atoms with Crippen LogP contribution in [-0.4, -0.2) is 28.7 Å². The van der Waals surface area contributed by atoms with Crippen LogP contribution in [0.25, 0.3) is 0 Å². The molecule has 1 atom stereocenters. The minimum atomic E-state index is -0.920. The second-order valence-corrected chi connectivity index (χ2v) is 6.72. The van der Waals surface area contributed by atoms with E-state index in [1.807, 2.05) is 13.8 Å². The van der Waals surface area contributed by atoms with Crippen LogP contribution in [0.5, 0.6) is 0 Å². The van der Waals surface area contributed by atoms with E-state index in [-0.39, 0.29) is 29.4 Å². The molecule has 0 spiro atoms. The SMILES string of the molecule is CC(CC(=O)O)NC(=O)NC(C)(C)CC(C)(C)C. The van der Waals surface area contributed by atoms with Crippen LogP contribution in [0.2, 0.25) is 0 Å². The summed E-state index contributed by atoms with van der Waals surface area (Å²) in [6.07, 6.45) is 0.758. The van der Waals surface area contributed by atoms with Crippen molar-refractivity contribution in [3.05, 3.63) is 0 Å². The van der Waals surface area contributed by atoms with Crippen LogP contribution in [0.4, 0.5) is 4.79 Å². The Kier molecular flexibility index (Phi) is 5.64. The van der Waals surface area contributed by atoms with Crippen LogP contribution in [0.15, 0.2) is 0 Å². The Balaban J connectivity index is 4.26. The zero-order chi connectivity index (χ0) is 14.6. The smallest absolute Gasteiger partial charge is 0.315 e. The molecule has 5 nitrogen and oxygen atoms in total. The predicted octanol–water partition coefficient (Wildman–Crippen LogP) is 2.36. The molecule has 0 aliphatic heterocycles. The Bertz CT molecular complexity index is 306. The zero-order valence-corrected chi connectivity index (χ0v) is 12.3. The summed E-state index contributed by atoms with van der Waals surface area (Å²) in [4.78, 5) is 22.2. The van der Waals surface area contributed by atoms with E-state index in [4.69, 9.17) is 5.11 Å². The van der Waals surface area contributed by atoms with Crippen molar-refractivity contribution in [1.29, 1.82) is 0 Å². The van der Waals surface area contributed by atoms with Crippen molar-refractivity contribution in [3.63, 3.8) is 0 Å². The molecule has 0 fully saturated rings. The molecule has 5 heteroatoms. The lowest BCUT2D eigenvalue weighted by molar-refractivity contribution is -0.137. The second kappa shape index (κ2) is 6.07. The monoisotopic (exact) mass is 258 g/mol. The van der Waals surface area contributed by atoms with Gasteiger partial charge in [0.05, 0.1) is 6.42 Å². The molecule has 0 saturated carbocycles. The summed E-state index contributed by atoms with van der Waals surface area (Å²) in [7, 11) is 0. The number of amides is 2. The highest BCUT2D eigenvalue weighted by Gasteiger charge is 2.27. The Labute approximate surface area is 109 Å². The van der Waals surface area contributed by atoms with Crippen LogP contribution in [-0.2, 0) is 4.79 Å². The maximum atomic E-state index is 11.7. The molecule has 0 aromatic rings. The molecule has 0 heterocycles. The van der Waals surface area contributed by atoms with Crippen LogP contribution >= 0.6 is 0 Å². The third-order valence-corrected chi connectivity index (χ3v) is 2.28. The summed E-state index contributed by atoms with van der Waals surface area (Å²) in [5, 5.41) is 14.1. The fourth-order valence-electron chi connectivity index (χ4n) is 2.25. The number of carboxylic acids is 1. The average Bonchev–Trinajstić information content (AvgIpc) is 1.92. The van der Waals surface area contributed by atoms with E-state index in [9.17, 15) is 9.59 Å². The summed E-state index contributed by atoms with van der Waals surface area (Å²) >= 11 is 0. The van der Waals surface area contributed by atoms with E-state index in [0.29, 0.717) is 0 Å². The van der Waals surface area contributed by atoms with E-state index < -0.39 is 5.97 Å². The number of hydrogen-bond donors (Lipinski definition) is 3. The molecule has 0 bridgehead atoms. The molecule has 106 valence electrons. The van der Waals surface area contributed by atoms with Gasteiger partial charge in [-0.1, -0.05) is 20.8 Å². The average molecular weight is 258 g/mol. The Morgan fingerprint density at radius 1 is 1.17 bits per heavy atom. The van der Waals surface area contributed by atoms with Gasteiger partial charge in [-0.05, 0) is 32.6 Å². The number of nitrogens with one attached hydrogen (secondary N) is 2. The highest BCUT2D eigenvalue weighted by atomic mass is 16.4. The van der Waals surface area contributed by atoms with E-state index in [0.717, 1.165) is 6.42 Å². The molecule has 18 heavy (non-hydrogen) atoms. The van der Waals surface area contributed by atoms with Gasteiger partial charge < -0.3 is 15.7 Å². The van der Waals surface area contributed by atoms with Crippen LogP contribution in [0.1, 0.15) is 54.4 Å². The number of carbonyl (C=O) groups excluding carboxylic acids is 1. The largest absolute Gasteiger partial charge is 0.481 e. The molecule has 0 aliphatic carbocycles. The Hall–Kier alpha value is -1.26. The number of carboxylic acid groups (broad SMARTS) is 1. The van der Waals surface area contributed by atoms with E-state index in [2.05, 4.69) is 31.4 Å². The van der Waals surface area contributed by atoms with Gasteiger partial charge in [-0.2, -0.15) is 0 Å². The maximum Gasteiger partial charge on any atom is 0.315 e. The first kappa shape index (κ1) is 16.7. The number of urea groups is 1. The summed E-state index contributed by atoms with van der Waals surface area (Å²) in [5.74, 6) is -0.920. The van der Waals surface area contributed by atoms with E-state index in [1.165, 1.54) is 0 Å². The molecular weight excluding hydrogens is 232 g/mol. The standard InChI is InChI=1S/C13H26N2O3/c1-9(7-10(16)17)14-11(18)15-13(5,6)8-12(2,3)4/h9H,7-8H2,1-6H3,(H,16,17)(H2,14,15,18). The van der Waals surface area contributed by atoms with Crippen molar-refractivity contribution in [3.8, 4) is 0 Å². The summed E-state index contributed by atoms with van der Waals surface area (Å²) in [5.41, 5.74) is -0.214. The molecule has 1 unspecified atom stereocenters. The van der Waals surface area contributed by atoms with Gasteiger partial charge in [-0.25, -0.2) is 4.79 Å². The van der Waals surface area contributed by atoms with E-state index >= 15 is 0 Å². The quantitative estimate of drug-likeness (QED) is 0.708. The highest BCUT2D eigenvalue weighted by molar-refractivity contribution is 5.76. The molecule has 2 amide bonds. The Morgan fingerprint density at radius 3 is 2.06 bits per heavy atom. The number of aliphatic carboxylic acids is 1. The van der Waals surface area contributed by atoms with Crippen molar-refractivity contribution in [2.24, 2.45) is 5.41 Å². The van der Waals surface area contributed by atoms with Gasteiger partial charge in [-0.3, -0.25) is 4.79 Å². The van der Waals surface area contributed by atoms with E-state index in [1.54, 1.807) is 6.92 Å². The first-order valence-electron chi connectivity index (χ1n) is 6.22. The second-order valence-electron chi connectivity index (χ2n) is 6.72. The van der Waals surface area contributed by atoms with Crippen LogP contribution in [0, 0.1) is 5.41 Å². The first-order valence-corrected chi connectivity index (χ1v) is 6.22. The summed E-state index contributed by atoms with van der Waals surface area (Å²) in [6.45, 7) is 11.9. The zero-order valence-electron chi connectivity index (χ0n) is 12.3. The van der Waals surface area contributed by atoms with Crippen molar-refractivity contribution in [2.75, 3.05) is 0 Å². The molecule has 0 rings (SSSR count). The normalized spacial score (nSPS) is 13.9. The van der Waals surface area contributed by atoms with Crippen LogP contribution in [0.3, 0.4) is 0 Å². The summed E-state index contributed by atoms with van der Waals surface area (Å²) < 4.78 is 0. The minimum Gasteiger partial charge on any atom is -0.481 e.